The summed E-state index contributed by atoms with van der Waals surface area (Å²) in [7, 11) is -2.43. The molecule has 0 aromatic heterocycles. The average molecular weight is 648 g/mol. The van der Waals surface area contributed by atoms with Crippen LogP contribution in [0.1, 0.15) is 22.3 Å². The van der Waals surface area contributed by atoms with Gasteiger partial charge < -0.3 is 39.0 Å². The van der Waals surface area contributed by atoms with E-state index in [1.54, 1.807) is 48.5 Å². The van der Waals surface area contributed by atoms with Crippen molar-refractivity contribution in [1.29, 1.82) is 0 Å². The third-order valence-electron chi connectivity index (χ3n) is 7.92. The van der Waals surface area contributed by atoms with Crippen molar-refractivity contribution in [2.75, 3.05) is 0 Å². The van der Waals surface area contributed by atoms with Crippen LogP contribution in [0.25, 0.3) is 11.1 Å². The molecule has 0 bridgehead atoms. The van der Waals surface area contributed by atoms with Crippen molar-refractivity contribution in [3.05, 3.63) is 131 Å². The van der Waals surface area contributed by atoms with Crippen molar-refractivity contribution in [3.8, 4) is 0 Å². The molecule has 4 atom stereocenters. The second kappa shape index (κ2) is 13.7. The van der Waals surface area contributed by atoms with Gasteiger partial charge in [-0.05, 0) is 44.3 Å². The topological polar surface area (TPSA) is 186 Å². The van der Waals surface area contributed by atoms with Gasteiger partial charge >= 0.3 is 38.1 Å². The quantitative estimate of drug-likeness (QED) is 0.145. The summed E-state index contributed by atoms with van der Waals surface area (Å²) in [6, 6.07) is 33.2. The molecular formula is C34H26B2O12. The number of rotatable bonds is 10. The zero-order valence-electron chi connectivity index (χ0n) is 24.9. The van der Waals surface area contributed by atoms with Crippen LogP contribution >= 0.6 is 0 Å². The van der Waals surface area contributed by atoms with Gasteiger partial charge in [0.25, 0.3) is 0 Å². The molecule has 2 aliphatic heterocycles. The molecule has 6 rings (SSSR count). The van der Waals surface area contributed by atoms with Crippen LogP contribution in [0.15, 0.2) is 109 Å². The molecule has 2 heterocycles. The van der Waals surface area contributed by atoms with Crippen LogP contribution < -0.4 is 10.9 Å². The molecule has 0 spiro atoms. The van der Waals surface area contributed by atoms with Gasteiger partial charge in [0.1, 0.15) is 0 Å². The van der Waals surface area contributed by atoms with Crippen LogP contribution in [0.4, 0.5) is 0 Å². The van der Waals surface area contributed by atoms with Crippen LogP contribution in [-0.2, 0) is 37.8 Å². The molecule has 4 aromatic rings. The Hall–Kier alpha value is -5.53. The second-order valence-electron chi connectivity index (χ2n) is 11.0. The molecule has 0 amide bonds. The van der Waals surface area contributed by atoms with E-state index < -0.39 is 62.5 Å². The Balaban J connectivity index is 1.43. The highest BCUT2D eigenvalue weighted by Crippen LogP contribution is 2.36. The lowest BCUT2D eigenvalue weighted by molar-refractivity contribution is -0.156. The maximum absolute atomic E-state index is 11.6. The second-order valence-corrected chi connectivity index (χ2v) is 11.0. The first-order valence-electron chi connectivity index (χ1n) is 14.7. The molecule has 4 N–H and O–H groups in total. The van der Waals surface area contributed by atoms with E-state index in [0.717, 1.165) is 33.4 Å². The van der Waals surface area contributed by atoms with Crippen LogP contribution in [0, 0.1) is 0 Å². The Kier molecular flexibility index (Phi) is 9.24. The summed E-state index contributed by atoms with van der Waals surface area (Å²) < 4.78 is 21.8. The van der Waals surface area contributed by atoms with Crippen molar-refractivity contribution in [3.63, 3.8) is 0 Å². The number of hydrogen-bond acceptors (Lipinski definition) is 8. The smallest absolute Gasteiger partial charge is 0.479 e. The number of benzene rings is 4. The van der Waals surface area contributed by atoms with Crippen LogP contribution in [0.5, 0.6) is 0 Å². The summed E-state index contributed by atoms with van der Waals surface area (Å²) in [6.45, 7) is 0. The van der Waals surface area contributed by atoms with E-state index in [9.17, 15) is 39.6 Å². The third-order valence-corrected chi connectivity index (χ3v) is 7.92. The SMILES string of the molecule is O=C(O)[C@H]1OB(c2ccc(C(=C(c3ccccc3)c3ccccc3)c3ccc(B4O[C@H](C(=O)O)[C@@H](C(=O)O)O4)cc3)cc2)O[C@@H]1C(=O)O. The molecule has 0 unspecified atom stereocenters. The first-order chi connectivity index (χ1) is 23.1. The van der Waals surface area contributed by atoms with Crippen molar-refractivity contribution in [2.24, 2.45) is 0 Å². The lowest BCUT2D eigenvalue weighted by Gasteiger charge is -2.19. The Morgan fingerprint density at radius 3 is 0.896 bits per heavy atom. The molecule has 2 saturated heterocycles. The fraction of sp³-hybridized carbons (Fsp3) is 0.118. The number of aliphatic carboxylic acids is 4. The van der Waals surface area contributed by atoms with Crippen molar-refractivity contribution < 1.29 is 58.2 Å². The van der Waals surface area contributed by atoms with Crippen molar-refractivity contribution in [1.82, 2.24) is 0 Å². The lowest BCUT2D eigenvalue weighted by Crippen LogP contribution is -2.36. The molecule has 4 aromatic carbocycles. The standard InChI is InChI=1S/C34H26B2O12/c37-31(38)27-28(32(39)40)46-35(45-27)23-15-11-21(12-16-23)26(25(19-7-3-1-4-8-19)20-9-5-2-6-10-20)22-13-17-24(18-14-22)36-47-29(33(41)42)30(48-36)34(43)44/h1-18,27-30H,(H,37,38)(H,39,40)(H,41,42)(H,43,44)/t27-,28-,29-,30-/m0/s1. The van der Waals surface area contributed by atoms with E-state index in [0.29, 0.717) is 10.9 Å². The van der Waals surface area contributed by atoms with Crippen LogP contribution in [0.3, 0.4) is 0 Å². The monoisotopic (exact) mass is 648 g/mol. The Morgan fingerprint density at radius 2 is 0.646 bits per heavy atom. The molecular weight excluding hydrogens is 622 g/mol. The van der Waals surface area contributed by atoms with E-state index in [-0.39, 0.29) is 0 Å². The maximum atomic E-state index is 11.6. The molecule has 0 radical (unpaired) electrons. The van der Waals surface area contributed by atoms with E-state index in [2.05, 4.69) is 0 Å². The maximum Gasteiger partial charge on any atom is 0.495 e. The highest BCUT2D eigenvalue weighted by Gasteiger charge is 2.49. The molecule has 14 heteroatoms. The van der Waals surface area contributed by atoms with E-state index in [1.807, 2.05) is 60.7 Å². The van der Waals surface area contributed by atoms with Gasteiger partial charge in [0.15, 0.2) is 24.4 Å². The molecule has 2 fully saturated rings. The number of hydrogen-bond donors (Lipinski definition) is 4. The zero-order chi connectivity index (χ0) is 33.9. The highest BCUT2D eigenvalue weighted by atomic mass is 16.7. The number of carbonyl (C=O) groups is 4. The van der Waals surface area contributed by atoms with Gasteiger partial charge in [-0.25, -0.2) is 19.2 Å². The molecule has 12 nitrogen and oxygen atoms in total. The lowest BCUT2D eigenvalue weighted by atomic mass is 9.76. The molecule has 2 aliphatic rings. The molecule has 48 heavy (non-hydrogen) atoms. The zero-order valence-corrected chi connectivity index (χ0v) is 24.9. The first-order valence-corrected chi connectivity index (χ1v) is 14.7. The fourth-order valence-corrected chi connectivity index (χ4v) is 5.68. The van der Waals surface area contributed by atoms with Crippen molar-refractivity contribution in [2.45, 2.75) is 24.4 Å². The summed E-state index contributed by atoms with van der Waals surface area (Å²) in [5.74, 6) is -5.79. The fourth-order valence-electron chi connectivity index (χ4n) is 5.68. The van der Waals surface area contributed by atoms with Gasteiger partial charge in [-0.1, -0.05) is 109 Å². The minimum Gasteiger partial charge on any atom is -0.479 e. The molecule has 0 saturated carbocycles. The Morgan fingerprint density at radius 1 is 0.396 bits per heavy atom. The summed E-state index contributed by atoms with van der Waals surface area (Å²) in [5, 5.41) is 37.8. The van der Waals surface area contributed by atoms with E-state index in [4.69, 9.17) is 18.6 Å². The summed E-state index contributed by atoms with van der Waals surface area (Å²) in [5.41, 5.74) is 5.77. The Bertz CT molecular complexity index is 1690. The van der Waals surface area contributed by atoms with Gasteiger partial charge in [-0.2, -0.15) is 0 Å². The molecule has 240 valence electrons. The van der Waals surface area contributed by atoms with Gasteiger partial charge in [-0.3, -0.25) is 0 Å². The average Bonchev–Trinajstić information content (AvgIpc) is 3.75. The van der Waals surface area contributed by atoms with Gasteiger partial charge in [0, 0.05) is 0 Å². The normalized spacial score (nSPS) is 20.3. The molecule has 0 aliphatic carbocycles. The predicted molar refractivity (Wildman–Crippen MR) is 172 cm³/mol. The summed E-state index contributed by atoms with van der Waals surface area (Å²) >= 11 is 0. The number of carboxylic acids is 4. The Labute approximate surface area is 274 Å². The van der Waals surface area contributed by atoms with Gasteiger partial charge in [-0.15, -0.1) is 0 Å². The van der Waals surface area contributed by atoms with Crippen LogP contribution in [-0.4, -0.2) is 83.0 Å². The van der Waals surface area contributed by atoms with E-state index >= 15 is 0 Å². The van der Waals surface area contributed by atoms with Crippen molar-refractivity contribution >= 4 is 60.2 Å². The van der Waals surface area contributed by atoms with Crippen LogP contribution in [0.2, 0.25) is 0 Å². The van der Waals surface area contributed by atoms with E-state index in [1.165, 1.54) is 0 Å². The minimum atomic E-state index is -1.67. The minimum absolute atomic E-state index is 0.418. The van der Waals surface area contributed by atoms with Gasteiger partial charge in [0.05, 0.1) is 0 Å². The highest BCUT2D eigenvalue weighted by molar-refractivity contribution is 6.63. The summed E-state index contributed by atoms with van der Waals surface area (Å²) in [4.78, 5) is 46.4. The first kappa shape index (κ1) is 32.4. The van der Waals surface area contributed by atoms with Gasteiger partial charge in [0.2, 0.25) is 0 Å². The number of carboxylic acid groups (broad SMARTS) is 4. The predicted octanol–water partition coefficient (Wildman–Crippen LogP) is 1.99. The third kappa shape index (κ3) is 6.50. The largest absolute Gasteiger partial charge is 0.495 e. The summed E-state index contributed by atoms with van der Waals surface area (Å²) in [6.07, 6.45) is -6.69.